The minimum absolute atomic E-state index is 0.00608. The number of rotatable bonds is 2. The van der Waals surface area contributed by atoms with Crippen molar-refractivity contribution < 1.29 is 0 Å². The van der Waals surface area contributed by atoms with Gasteiger partial charge in [0.05, 0.1) is 33.1 Å². The van der Waals surface area contributed by atoms with Gasteiger partial charge >= 0.3 is 0 Å². The third-order valence-corrected chi connectivity index (χ3v) is 9.72. The van der Waals surface area contributed by atoms with Gasteiger partial charge in [0.15, 0.2) is 0 Å². The molecule has 8 rings (SSSR count). The van der Waals surface area contributed by atoms with E-state index in [1.807, 2.05) is 36.0 Å². The maximum Gasteiger partial charge on any atom is 0.0992 e. The highest BCUT2D eigenvalue weighted by Gasteiger charge is 2.71. The highest BCUT2D eigenvalue weighted by molar-refractivity contribution is 8.01. The second-order valence-corrected chi connectivity index (χ2v) is 11.4. The van der Waals surface area contributed by atoms with Crippen LogP contribution in [-0.2, 0) is 5.41 Å². The number of nitriles is 1. The number of anilines is 1. The van der Waals surface area contributed by atoms with Gasteiger partial charge in [-0.1, -0.05) is 66.8 Å². The van der Waals surface area contributed by atoms with Crippen molar-refractivity contribution in [1.29, 1.82) is 5.26 Å². The monoisotopic (exact) mass is 479 g/mol. The molecule has 2 atom stereocenters. The van der Waals surface area contributed by atoms with Gasteiger partial charge in [-0.25, -0.2) is 0 Å². The standard InChI is InChI=1S/C32H21N3S/c33-18-20-12-13-24-29(16-20)36-32-17-21(14-15-31(24,32)19-32)30-25(34)8-5-11-28(30)35-26-9-3-1-6-22(26)23-7-2-4-10-27(23)35/h1-17H,19,34H2. The molecule has 0 saturated heterocycles. The van der Waals surface area contributed by atoms with Crippen molar-refractivity contribution in [1.82, 2.24) is 4.57 Å². The topological polar surface area (TPSA) is 54.7 Å². The maximum absolute atomic E-state index is 9.39. The molecule has 1 aliphatic heterocycles. The number of hydrogen-bond donors (Lipinski definition) is 1. The molecule has 36 heavy (non-hydrogen) atoms. The second-order valence-electron chi connectivity index (χ2n) is 10.0. The Balaban J connectivity index is 1.34. The summed E-state index contributed by atoms with van der Waals surface area (Å²) in [7, 11) is 0. The van der Waals surface area contributed by atoms with Crippen LogP contribution in [0.1, 0.15) is 23.1 Å². The number of thioether (sulfide) groups is 1. The van der Waals surface area contributed by atoms with Crippen LogP contribution in [0.4, 0.5) is 5.69 Å². The Kier molecular flexibility index (Phi) is 3.74. The van der Waals surface area contributed by atoms with Gasteiger partial charge in [0.2, 0.25) is 0 Å². The van der Waals surface area contributed by atoms with Gasteiger partial charge in [-0.3, -0.25) is 0 Å². The van der Waals surface area contributed by atoms with Crippen molar-refractivity contribution in [2.24, 2.45) is 0 Å². The molecule has 1 saturated carbocycles. The van der Waals surface area contributed by atoms with Crippen molar-refractivity contribution in [2.45, 2.75) is 21.5 Å². The molecule has 0 spiro atoms. The summed E-state index contributed by atoms with van der Waals surface area (Å²) < 4.78 is 2.35. The minimum Gasteiger partial charge on any atom is -0.398 e. The van der Waals surface area contributed by atoms with Crippen LogP contribution in [0.3, 0.4) is 0 Å². The number of aromatic nitrogens is 1. The fourth-order valence-electron chi connectivity index (χ4n) is 6.49. The summed E-state index contributed by atoms with van der Waals surface area (Å²) in [5, 5.41) is 11.9. The summed E-state index contributed by atoms with van der Waals surface area (Å²) in [6, 6.07) is 31.8. The van der Waals surface area contributed by atoms with Gasteiger partial charge in [0.25, 0.3) is 0 Å². The quantitative estimate of drug-likeness (QED) is 0.269. The third kappa shape index (κ3) is 2.39. The largest absolute Gasteiger partial charge is 0.398 e. The third-order valence-electron chi connectivity index (χ3n) is 8.18. The lowest BCUT2D eigenvalue weighted by molar-refractivity contribution is 0.845. The van der Waals surface area contributed by atoms with Crippen LogP contribution in [0.15, 0.2) is 108 Å². The van der Waals surface area contributed by atoms with Crippen molar-refractivity contribution in [3.05, 3.63) is 120 Å². The van der Waals surface area contributed by atoms with Crippen molar-refractivity contribution in [3.8, 4) is 11.8 Å². The van der Waals surface area contributed by atoms with Gasteiger partial charge in [0.1, 0.15) is 0 Å². The zero-order chi connectivity index (χ0) is 24.1. The molecule has 5 aromatic rings. The molecule has 0 radical (unpaired) electrons. The minimum atomic E-state index is -0.00608. The normalized spacial score (nSPS) is 23.1. The molecule has 3 aliphatic rings. The lowest BCUT2D eigenvalue weighted by atomic mass is 9.86. The Bertz CT molecular complexity index is 1830. The number of fused-ring (bicyclic) bond motifs is 4. The van der Waals surface area contributed by atoms with Crippen LogP contribution in [0, 0.1) is 11.3 Å². The van der Waals surface area contributed by atoms with E-state index in [0.717, 1.165) is 28.9 Å². The molecular formula is C32H21N3S. The predicted octanol–water partition coefficient (Wildman–Crippen LogP) is 7.38. The number of nitrogens with two attached hydrogens (primary N) is 1. The molecule has 2 N–H and O–H groups in total. The van der Waals surface area contributed by atoms with E-state index in [4.69, 9.17) is 5.73 Å². The Morgan fingerprint density at radius 2 is 1.64 bits per heavy atom. The van der Waals surface area contributed by atoms with Crippen LogP contribution >= 0.6 is 11.8 Å². The molecule has 0 amide bonds. The molecule has 0 bridgehead atoms. The van der Waals surface area contributed by atoms with E-state index in [-0.39, 0.29) is 10.2 Å². The lowest BCUT2D eigenvalue weighted by Gasteiger charge is -2.22. The summed E-state index contributed by atoms with van der Waals surface area (Å²) in [4.78, 5) is 1.23. The molecule has 3 nitrogen and oxygen atoms in total. The molecule has 2 heterocycles. The van der Waals surface area contributed by atoms with Gasteiger partial charge in [-0.05, 0) is 54.0 Å². The smallest absolute Gasteiger partial charge is 0.0992 e. The SMILES string of the molecule is N#Cc1ccc2c(c1)SC13C=C(c4c(N)cccc4-n4c5ccccc5c5ccccc54)C=CC21C3. The van der Waals surface area contributed by atoms with Crippen molar-refractivity contribution in [3.63, 3.8) is 0 Å². The Morgan fingerprint density at radius 3 is 2.39 bits per heavy atom. The van der Waals surface area contributed by atoms with E-state index in [0.29, 0.717) is 0 Å². The summed E-state index contributed by atoms with van der Waals surface area (Å²) >= 11 is 1.90. The average molecular weight is 480 g/mol. The maximum atomic E-state index is 9.39. The molecule has 170 valence electrons. The number of para-hydroxylation sites is 2. The first-order valence-corrected chi connectivity index (χ1v) is 13.0. The Morgan fingerprint density at radius 1 is 0.889 bits per heavy atom. The molecule has 4 aromatic carbocycles. The molecule has 1 fully saturated rings. The van der Waals surface area contributed by atoms with Crippen LogP contribution < -0.4 is 5.73 Å². The van der Waals surface area contributed by atoms with Gasteiger partial charge < -0.3 is 10.3 Å². The number of allylic oxidation sites excluding steroid dienone is 3. The van der Waals surface area contributed by atoms with Gasteiger partial charge in [-0.2, -0.15) is 5.26 Å². The summed E-state index contributed by atoms with van der Waals surface area (Å²) in [5.41, 5.74) is 15.3. The van der Waals surface area contributed by atoms with Crippen LogP contribution in [-0.4, -0.2) is 9.31 Å². The fourth-order valence-corrected chi connectivity index (χ4v) is 8.27. The highest BCUT2D eigenvalue weighted by atomic mass is 32.2. The number of nitrogens with zero attached hydrogens (tertiary/aromatic N) is 2. The highest BCUT2D eigenvalue weighted by Crippen LogP contribution is 2.76. The zero-order valence-corrected chi connectivity index (χ0v) is 20.2. The van der Waals surface area contributed by atoms with Gasteiger partial charge in [0, 0.05) is 32.3 Å². The molecule has 2 aliphatic carbocycles. The zero-order valence-electron chi connectivity index (χ0n) is 19.4. The Labute approximate surface area is 213 Å². The summed E-state index contributed by atoms with van der Waals surface area (Å²) in [6.45, 7) is 0. The fraction of sp³-hybridized carbons (Fsp3) is 0.0938. The molecule has 1 aromatic heterocycles. The number of benzene rings is 4. The van der Waals surface area contributed by atoms with E-state index >= 15 is 0 Å². The molecule has 4 heteroatoms. The van der Waals surface area contributed by atoms with E-state index in [1.165, 1.54) is 37.8 Å². The van der Waals surface area contributed by atoms with E-state index < -0.39 is 0 Å². The van der Waals surface area contributed by atoms with Crippen LogP contribution in [0.2, 0.25) is 0 Å². The second kappa shape index (κ2) is 6.72. The van der Waals surface area contributed by atoms with Gasteiger partial charge in [-0.15, -0.1) is 11.8 Å². The average Bonchev–Trinajstić information content (AvgIpc) is 3.33. The number of hydrogen-bond acceptors (Lipinski definition) is 3. The van der Waals surface area contributed by atoms with Crippen molar-refractivity contribution >= 4 is 44.8 Å². The van der Waals surface area contributed by atoms with Crippen LogP contribution in [0.5, 0.6) is 0 Å². The first kappa shape index (κ1) is 20.0. The molecule has 2 unspecified atom stereocenters. The number of nitrogen functional groups attached to an aromatic ring is 1. The lowest BCUT2D eigenvalue weighted by Crippen LogP contribution is -2.15. The Hall–Kier alpha value is -4.20. The van der Waals surface area contributed by atoms with E-state index in [9.17, 15) is 5.26 Å². The summed E-state index contributed by atoms with van der Waals surface area (Å²) in [5.74, 6) is 0. The molecular weight excluding hydrogens is 458 g/mol. The van der Waals surface area contributed by atoms with E-state index in [2.05, 4.69) is 89.5 Å². The first-order valence-electron chi connectivity index (χ1n) is 12.2. The summed E-state index contributed by atoms with van der Waals surface area (Å²) in [6.07, 6.45) is 8.17. The first-order chi connectivity index (χ1) is 17.6. The van der Waals surface area contributed by atoms with Crippen molar-refractivity contribution in [2.75, 3.05) is 5.73 Å². The van der Waals surface area contributed by atoms with E-state index in [1.54, 1.807) is 0 Å². The predicted molar refractivity (Wildman–Crippen MR) is 148 cm³/mol. The van der Waals surface area contributed by atoms with Crippen LogP contribution in [0.25, 0.3) is 33.1 Å².